The number of hydrogen-bond acceptors (Lipinski definition) is 9. The molecule has 224 valence electrons. The third-order valence-corrected chi connectivity index (χ3v) is 8.49. The van der Waals surface area contributed by atoms with E-state index in [-0.39, 0.29) is 30.5 Å². The van der Waals surface area contributed by atoms with E-state index in [1.54, 1.807) is 39.0 Å². The minimum Gasteiger partial charge on any atom is -0.487 e. The fourth-order valence-electron chi connectivity index (χ4n) is 4.36. The number of alkyl halides is 3. The summed E-state index contributed by atoms with van der Waals surface area (Å²) in [4.78, 5) is 22.8. The fourth-order valence-corrected chi connectivity index (χ4v) is 6.27. The molecule has 0 N–H and O–H groups in total. The summed E-state index contributed by atoms with van der Waals surface area (Å²) < 4.78 is 76.4. The second-order valence-corrected chi connectivity index (χ2v) is 11.0. The van der Waals surface area contributed by atoms with E-state index in [0.29, 0.717) is 30.9 Å². The molecule has 0 aliphatic carbocycles. The minimum atomic E-state index is -4.45. The standard InChI is InChI=1S/C27H22BBrF4N4O5S/c1-2-39-26(38)22(42-24-19-21(29)23(17-7-8-18(30)41-17)43-25(19)35-13-34-24)20(28)15-5-3-4-6-16(15)40-11-14-9-10-36-37(14)12-27(31,32)33/h3-10,13,20,22H,2,11-12,28H2,1H3. The summed E-state index contributed by atoms with van der Waals surface area (Å²) in [6.45, 7) is 0.295. The second-order valence-electron chi connectivity index (χ2n) is 9.21. The Labute approximate surface area is 255 Å². The van der Waals surface area contributed by atoms with E-state index >= 15 is 0 Å². The van der Waals surface area contributed by atoms with E-state index in [2.05, 4.69) is 31.0 Å². The van der Waals surface area contributed by atoms with Crippen LogP contribution in [0.15, 0.2) is 63.9 Å². The molecule has 1 aromatic carbocycles. The van der Waals surface area contributed by atoms with Gasteiger partial charge in [0.25, 0.3) is 6.01 Å². The quantitative estimate of drug-likeness (QED) is 0.0970. The van der Waals surface area contributed by atoms with E-state index in [1.807, 2.05) is 0 Å². The number of aromatic nitrogens is 4. The number of carbonyl (C=O) groups excluding carboxylic acids is 1. The lowest BCUT2D eigenvalue weighted by atomic mass is 9.76. The first-order valence-electron chi connectivity index (χ1n) is 12.9. The van der Waals surface area contributed by atoms with Crippen LogP contribution >= 0.6 is 27.3 Å². The van der Waals surface area contributed by atoms with Crippen molar-refractivity contribution in [2.24, 2.45) is 0 Å². The number of ether oxygens (including phenoxy) is 3. The highest BCUT2D eigenvalue weighted by atomic mass is 79.9. The number of thiophene rings is 1. The maximum Gasteiger partial charge on any atom is 0.408 e. The van der Waals surface area contributed by atoms with Crippen molar-refractivity contribution in [3.63, 3.8) is 0 Å². The van der Waals surface area contributed by atoms with Crippen LogP contribution in [-0.4, -0.2) is 52.5 Å². The van der Waals surface area contributed by atoms with E-state index in [9.17, 15) is 22.4 Å². The van der Waals surface area contributed by atoms with Crippen molar-refractivity contribution in [2.45, 2.75) is 38.2 Å². The molecule has 0 saturated carbocycles. The number of rotatable bonds is 11. The van der Waals surface area contributed by atoms with Crippen molar-refractivity contribution in [1.82, 2.24) is 19.7 Å². The van der Waals surface area contributed by atoms with Gasteiger partial charge in [0.1, 0.15) is 43.7 Å². The molecule has 0 aliphatic rings. The van der Waals surface area contributed by atoms with Gasteiger partial charge in [-0.15, -0.1) is 11.3 Å². The molecule has 0 radical (unpaired) electrons. The summed E-state index contributed by atoms with van der Waals surface area (Å²) in [5, 5.41) is 4.19. The highest BCUT2D eigenvalue weighted by molar-refractivity contribution is 9.10. The Morgan fingerprint density at radius 3 is 2.70 bits per heavy atom. The SMILES string of the molecule is BC(c1ccccc1OCc1ccnn1CC(F)(F)F)C(Oc1ncnc2sc(-c3ccc(F)o3)c(Br)c12)C(=O)OCC. The van der Waals surface area contributed by atoms with Crippen molar-refractivity contribution in [3.05, 3.63) is 76.7 Å². The lowest BCUT2D eigenvalue weighted by Gasteiger charge is -2.25. The molecule has 5 rings (SSSR count). The third-order valence-electron chi connectivity index (χ3n) is 6.32. The predicted octanol–water partition coefficient (Wildman–Crippen LogP) is 5.88. The Hall–Kier alpha value is -3.92. The van der Waals surface area contributed by atoms with Crippen LogP contribution in [0.5, 0.6) is 11.6 Å². The molecule has 0 bridgehead atoms. The normalized spacial score (nSPS) is 13.2. The summed E-state index contributed by atoms with van der Waals surface area (Å²) >= 11 is 4.73. The van der Waals surface area contributed by atoms with Crippen molar-refractivity contribution >= 4 is 51.3 Å². The first-order valence-corrected chi connectivity index (χ1v) is 14.5. The minimum absolute atomic E-state index is 0.0748. The van der Waals surface area contributed by atoms with Crippen LogP contribution in [-0.2, 0) is 22.7 Å². The van der Waals surface area contributed by atoms with Gasteiger partial charge >= 0.3 is 12.1 Å². The first kappa shape index (κ1) is 30.5. The van der Waals surface area contributed by atoms with Crippen LogP contribution in [0.3, 0.4) is 0 Å². The lowest BCUT2D eigenvalue weighted by molar-refractivity contribution is -0.151. The molecule has 9 nitrogen and oxygen atoms in total. The second kappa shape index (κ2) is 12.8. The molecule has 0 saturated heterocycles. The number of esters is 1. The van der Waals surface area contributed by atoms with Crippen molar-refractivity contribution in [2.75, 3.05) is 6.61 Å². The predicted molar refractivity (Wildman–Crippen MR) is 154 cm³/mol. The van der Waals surface area contributed by atoms with Crippen LogP contribution < -0.4 is 9.47 Å². The van der Waals surface area contributed by atoms with E-state index in [0.717, 1.165) is 4.68 Å². The Morgan fingerprint density at radius 2 is 1.98 bits per heavy atom. The molecular weight excluding hydrogens is 659 g/mol. The number of halogens is 5. The largest absolute Gasteiger partial charge is 0.487 e. The third kappa shape index (κ3) is 6.85. The highest BCUT2D eigenvalue weighted by Gasteiger charge is 2.34. The maximum absolute atomic E-state index is 13.6. The zero-order valence-electron chi connectivity index (χ0n) is 22.6. The number of para-hydroxylation sites is 1. The summed E-state index contributed by atoms with van der Waals surface area (Å²) in [6, 6.07) is 10.2. The Bertz CT molecular complexity index is 1740. The Morgan fingerprint density at radius 1 is 1.19 bits per heavy atom. The number of fused-ring (bicyclic) bond motifs is 1. The highest BCUT2D eigenvalue weighted by Crippen LogP contribution is 2.45. The van der Waals surface area contributed by atoms with Crippen molar-refractivity contribution < 1.29 is 41.0 Å². The lowest BCUT2D eigenvalue weighted by Crippen LogP contribution is -2.36. The van der Waals surface area contributed by atoms with E-state index in [1.165, 1.54) is 42.1 Å². The van der Waals surface area contributed by atoms with Crippen molar-refractivity contribution in [1.29, 1.82) is 0 Å². The van der Waals surface area contributed by atoms with Gasteiger partial charge in [-0.3, -0.25) is 4.68 Å². The fraction of sp³-hybridized carbons (Fsp3) is 0.259. The molecule has 2 atom stereocenters. The molecule has 4 heterocycles. The molecule has 16 heteroatoms. The zero-order chi connectivity index (χ0) is 30.7. The van der Waals surface area contributed by atoms with Crippen LogP contribution in [0.4, 0.5) is 17.6 Å². The van der Waals surface area contributed by atoms with Crippen LogP contribution in [0.25, 0.3) is 20.9 Å². The molecule has 0 fully saturated rings. The smallest absolute Gasteiger partial charge is 0.408 e. The van der Waals surface area contributed by atoms with E-state index in [4.69, 9.17) is 18.6 Å². The first-order chi connectivity index (χ1) is 20.6. The van der Waals surface area contributed by atoms with Gasteiger partial charge in [-0.1, -0.05) is 18.2 Å². The Kier molecular flexibility index (Phi) is 9.06. The molecule has 0 amide bonds. The molecule has 0 spiro atoms. The summed E-state index contributed by atoms with van der Waals surface area (Å²) in [5.41, 5.74) is 0.764. The zero-order valence-corrected chi connectivity index (χ0v) is 25.0. The van der Waals surface area contributed by atoms with Crippen LogP contribution in [0.1, 0.15) is 24.0 Å². The van der Waals surface area contributed by atoms with Crippen molar-refractivity contribution in [3.8, 4) is 22.3 Å². The average molecular weight is 681 g/mol. The summed E-state index contributed by atoms with van der Waals surface area (Å²) in [7, 11) is 1.73. The number of carbonyl (C=O) groups is 1. The van der Waals surface area contributed by atoms with Gasteiger partial charge in [0.2, 0.25) is 5.88 Å². The molecule has 2 unspecified atom stereocenters. The molecule has 0 aliphatic heterocycles. The van der Waals surface area contributed by atoms with Crippen LogP contribution in [0.2, 0.25) is 0 Å². The summed E-state index contributed by atoms with van der Waals surface area (Å²) in [6.07, 6.45) is -3.12. The van der Waals surface area contributed by atoms with Gasteiger partial charge in [-0.05, 0) is 46.6 Å². The average Bonchev–Trinajstić information content (AvgIpc) is 3.68. The van der Waals surface area contributed by atoms with E-state index < -0.39 is 36.6 Å². The van der Waals surface area contributed by atoms with Crippen LogP contribution in [0, 0.1) is 6.01 Å². The number of furan rings is 1. The van der Waals surface area contributed by atoms with Gasteiger partial charge < -0.3 is 18.6 Å². The molecule has 43 heavy (non-hydrogen) atoms. The van der Waals surface area contributed by atoms with Gasteiger partial charge in [-0.25, -0.2) is 14.8 Å². The van der Waals surface area contributed by atoms with Gasteiger partial charge in [0.15, 0.2) is 6.10 Å². The number of hydrogen-bond donors (Lipinski definition) is 0. The summed E-state index contributed by atoms with van der Waals surface area (Å²) in [5.74, 6) is -0.655. The Balaban J connectivity index is 1.45. The number of benzene rings is 1. The molecular formula is C27H22BBrF4N4O5S. The molecule has 5 aromatic rings. The van der Waals surface area contributed by atoms with Gasteiger partial charge in [0.05, 0.1) is 27.0 Å². The maximum atomic E-state index is 13.6. The number of nitrogens with zero attached hydrogens (tertiary/aromatic N) is 4. The van der Waals surface area contributed by atoms with Gasteiger partial charge in [0, 0.05) is 18.1 Å². The topological polar surface area (TPSA) is 102 Å². The monoisotopic (exact) mass is 680 g/mol. The molecule has 4 aromatic heterocycles. The van der Waals surface area contributed by atoms with Gasteiger partial charge in [-0.2, -0.15) is 22.7 Å².